The molecule has 1 rings (SSSR count). The zero-order valence-corrected chi connectivity index (χ0v) is 13.7. The fraction of sp³-hybridized carbons (Fsp3) is 0.938. The first-order valence-electron chi connectivity index (χ1n) is 8.29. The standard InChI is InChI=1S/C16H33N3O/c1-5-14-11-19(10-8-15(14)17-6-2)12-16(20)18-9-7-13(3)4/h13-15,17H,5-12H2,1-4H3,(H,18,20). The van der Waals surface area contributed by atoms with E-state index in [1.54, 1.807) is 0 Å². The normalized spacial score (nSPS) is 24.1. The van der Waals surface area contributed by atoms with E-state index in [1.165, 1.54) is 6.42 Å². The predicted molar refractivity (Wildman–Crippen MR) is 84.8 cm³/mol. The van der Waals surface area contributed by atoms with Crippen LogP contribution in [0.25, 0.3) is 0 Å². The van der Waals surface area contributed by atoms with Crippen molar-refractivity contribution in [3.05, 3.63) is 0 Å². The van der Waals surface area contributed by atoms with Crippen molar-refractivity contribution in [2.45, 2.75) is 53.0 Å². The molecule has 0 aliphatic carbocycles. The Morgan fingerprint density at radius 3 is 2.70 bits per heavy atom. The second kappa shape index (κ2) is 9.35. The largest absolute Gasteiger partial charge is 0.355 e. The van der Waals surface area contributed by atoms with Gasteiger partial charge < -0.3 is 10.6 Å². The van der Waals surface area contributed by atoms with Gasteiger partial charge in [0.15, 0.2) is 0 Å². The van der Waals surface area contributed by atoms with Gasteiger partial charge in [0.2, 0.25) is 5.91 Å². The Balaban J connectivity index is 2.29. The summed E-state index contributed by atoms with van der Waals surface area (Å²) in [7, 11) is 0. The summed E-state index contributed by atoms with van der Waals surface area (Å²) < 4.78 is 0. The molecule has 20 heavy (non-hydrogen) atoms. The van der Waals surface area contributed by atoms with Gasteiger partial charge in [0.05, 0.1) is 6.54 Å². The van der Waals surface area contributed by atoms with E-state index < -0.39 is 0 Å². The van der Waals surface area contributed by atoms with Crippen molar-refractivity contribution >= 4 is 5.91 Å². The van der Waals surface area contributed by atoms with Crippen LogP contribution >= 0.6 is 0 Å². The first-order chi connectivity index (χ1) is 9.56. The second-order valence-corrected chi connectivity index (χ2v) is 6.39. The van der Waals surface area contributed by atoms with Gasteiger partial charge in [-0.1, -0.05) is 34.1 Å². The number of amides is 1. The molecule has 1 saturated heterocycles. The molecule has 0 aromatic rings. The number of hydrogen-bond donors (Lipinski definition) is 2. The van der Waals surface area contributed by atoms with E-state index in [0.717, 1.165) is 39.0 Å². The summed E-state index contributed by atoms with van der Waals surface area (Å²) in [5, 5.41) is 6.61. The van der Waals surface area contributed by atoms with Gasteiger partial charge in [0, 0.05) is 25.7 Å². The summed E-state index contributed by atoms with van der Waals surface area (Å²) >= 11 is 0. The van der Waals surface area contributed by atoms with Crippen LogP contribution in [-0.2, 0) is 4.79 Å². The van der Waals surface area contributed by atoms with Crippen LogP contribution in [0.4, 0.5) is 0 Å². The topological polar surface area (TPSA) is 44.4 Å². The lowest BCUT2D eigenvalue weighted by Gasteiger charge is -2.38. The molecule has 118 valence electrons. The van der Waals surface area contributed by atoms with Gasteiger partial charge in [0.1, 0.15) is 0 Å². The minimum absolute atomic E-state index is 0.183. The number of carbonyl (C=O) groups is 1. The molecule has 1 heterocycles. The monoisotopic (exact) mass is 283 g/mol. The molecule has 0 bridgehead atoms. The van der Waals surface area contributed by atoms with Crippen molar-refractivity contribution in [3.63, 3.8) is 0 Å². The molecule has 0 aromatic carbocycles. The molecule has 4 nitrogen and oxygen atoms in total. The lowest BCUT2D eigenvalue weighted by atomic mass is 9.90. The van der Waals surface area contributed by atoms with E-state index in [0.29, 0.717) is 24.4 Å². The third kappa shape index (κ3) is 6.23. The molecule has 0 spiro atoms. The number of nitrogens with one attached hydrogen (secondary N) is 2. The highest BCUT2D eigenvalue weighted by Gasteiger charge is 2.28. The summed E-state index contributed by atoms with van der Waals surface area (Å²) in [5.41, 5.74) is 0. The Labute approximate surface area is 124 Å². The average molecular weight is 283 g/mol. The Hall–Kier alpha value is -0.610. The maximum Gasteiger partial charge on any atom is 0.234 e. The summed E-state index contributed by atoms with van der Waals surface area (Å²) in [4.78, 5) is 14.2. The Morgan fingerprint density at radius 2 is 2.10 bits per heavy atom. The highest BCUT2D eigenvalue weighted by atomic mass is 16.2. The highest BCUT2D eigenvalue weighted by molar-refractivity contribution is 5.77. The van der Waals surface area contributed by atoms with Crippen molar-refractivity contribution in [2.24, 2.45) is 11.8 Å². The lowest BCUT2D eigenvalue weighted by Crippen LogP contribution is -2.51. The molecule has 2 N–H and O–H groups in total. The van der Waals surface area contributed by atoms with Crippen LogP contribution in [0.15, 0.2) is 0 Å². The second-order valence-electron chi connectivity index (χ2n) is 6.39. The Morgan fingerprint density at radius 1 is 1.35 bits per heavy atom. The molecule has 0 saturated carbocycles. The molecule has 1 amide bonds. The summed E-state index contributed by atoms with van der Waals surface area (Å²) in [6.45, 7) is 13.3. The zero-order valence-electron chi connectivity index (χ0n) is 13.7. The fourth-order valence-corrected chi connectivity index (χ4v) is 2.95. The van der Waals surface area contributed by atoms with Gasteiger partial charge in [-0.15, -0.1) is 0 Å². The molecule has 2 atom stereocenters. The van der Waals surface area contributed by atoms with Gasteiger partial charge in [-0.2, -0.15) is 0 Å². The molecule has 0 radical (unpaired) electrons. The quantitative estimate of drug-likeness (QED) is 0.714. The molecule has 0 aromatic heterocycles. The third-order valence-electron chi connectivity index (χ3n) is 4.22. The first kappa shape index (κ1) is 17.4. The van der Waals surface area contributed by atoms with Crippen molar-refractivity contribution in [2.75, 3.05) is 32.7 Å². The molecule has 2 unspecified atom stereocenters. The van der Waals surface area contributed by atoms with Crippen LogP contribution in [0.3, 0.4) is 0 Å². The van der Waals surface area contributed by atoms with E-state index in [-0.39, 0.29) is 5.91 Å². The number of hydrogen-bond acceptors (Lipinski definition) is 3. The van der Waals surface area contributed by atoms with Crippen molar-refractivity contribution in [1.82, 2.24) is 15.5 Å². The van der Waals surface area contributed by atoms with Gasteiger partial charge >= 0.3 is 0 Å². The number of nitrogens with zero attached hydrogens (tertiary/aromatic N) is 1. The van der Waals surface area contributed by atoms with Crippen LogP contribution in [0, 0.1) is 11.8 Å². The number of piperidine rings is 1. The van der Waals surface area contributed by atoms with E-state index in [4.69, 9.17) is 0 Å². The van der Waals surface area contributed by atoms with Gasteiger partial charge in [0.25, 0.3) is 0 Å². The van der Waals surface area contributed by atoms with E-state index >= 15 is 0 Å². The number of rotatable bonds is 8. The van der Waals surface area contributed by atoms with E-state index in [1.807, 2.05) is 0 Å². The van der Waals surface area contributed by atoms with Crippen LogP contribution in [0.2, 0.25) is 0 Å². The summed E-state index contributed by atoms with van der Waals surface area (Å²) in [6, 6.07) is 0.630. The van der Waals surface area contributed by atoms with Crippen molar-refractivity contribution < 1.29 is 4.79 Å². The van der Waals surface area contributed by atoms with Gasteiger partial charge in [-0.25, -0.2) is 0 Å². The van der Waals surface area contributed by atoms with Crippen LogP contribution in [0.5, 0.6) is 0 Å². The maximum atomic E-state index is 11.9. The first-order valence-corrected chi connectivity index (χ1v) is 8.29. The molecule has 1 aliphatic heterocycles. The summed E-state index contributed by atoms with van der Waals surface area (Å²) in [6.07, 6.45) is 3.40. The Bertz CT molecular complexity index is 281. The van der Waals surface area contributed by atoms with E-state index in [9.17, 15) is 4.79 Å². The van der Waals surface area contributed by atoms with Crippen molar-refractivity contribution in [3.8, 4) is 0 Å². The van der Waals surface area contributed by atoms with Crippen molar-refractivity contribution in [1.29, 1.82) is 0 Å². The zero-order chi connectivity index (χ0) is 15.0. The van der Waals surface area contributed by atoms with Gasteiger partial charge in [-0.05, 0) is 31.2 Å². The predicted octanol–water partition coefficient (Wildman–Crippen LogP) is 1.86. The molecule has 4 heteroatoms. The number of carbonyl (C=O) groups excluding carboxylic acids is 1. The smallest absolute Gasteiger partial charge is 0.234 e. The third-order valence-corrected chi connectivity index (χ3v) is 4.22. The van der Waals surface area contributed by atoms with Gasteiger partial charge in [-0.3, -0.25) is 9.69 Å². The SMILES string of the molecule is CCNC1CCN(CC(=O)NCCC(C)C)CC1CC. The number of likely N-dealkylation sites (tertiary alicyclic amines) is 1. The average Bonchev–Trinajstić information content (AvgIpc) is 2.40. The molecular formula is C16H33N3O. The molecule has 1 aliphatic rings. The van der Waals surface area contributed by atoms with Crippen LogP contribution < -0.4 is 10.6 Å². The van der Waals surface area contributed by atoms with Crippen LogP contribution in [-0.4, -0.2) is 49.6 Å². The van der Waals surface area contributed by atoms with E-state index in [2.05, 4.69) is 43.2 Å². The fourth-order valence-electron chi connectivity index (χ4n) is 2.95. The lowest BCUT2D eigenvalue weighted by molar-refractivity contribution is -0.122. The molecule has 1 fully saturated rings. The summed E-state index contributed by atoms with van der Waals surface area (Å²) in [5.74, 6) is 1.50. The Kier molecular flexibility index (Phi) is 8.15. The maximum absolute atomic E-state index is 11.9. The minimum Gasteiger partial charge on any atom is -0.355 e. The minimum atomic E-state index is 0.183. The highest BCUT2D eigenvalue weighted by Crippen LogP contribution is 2.19. The molecular weight excluding hydrogens is 250 g/mol. The van der Waals surface area contributed by atoms with Crippen LogP contribution in [0.1, 0.15) is 47.0 Å².